The summed E-state index contributed by atoms with van der Waals surface area (Å²) in [5, 5.41) is 9.04. The zero-order chi connectivity index (χ0) is 11.0. The lowest BCUT2D eigenvalue weighted by Gasteiger charge is -2.19. The van der Waals surface area contributed by atoms with Crippen molar-refractivity contribution in [1.82, 2.24) is 0 Å². The number of carboxylic acids is 1. The monoisotopic (exact) mass is 204 g/mol. The number of carboxylic acid groups (broad SMARTS) is 1. The van der Waals surface area contributed by atoms with E-state index < -0.39 is 5.97 Å². The summed E-state index contributed by atoms with van der Waals surface area (Å²) in [6, 6.07) is 3.84. The van der Waals surface area contributed by atoms with Crippen LogP contribution in [0.15, 0.2) is 18.2 Å². The first-order chi connectivity index (χ1) is 7.09. The molecule has 0 saturated carbocycles. The van der Waals surface area contributed by atoms with E-state index in [1.165, 1.54) is 0 Å². The fourth-order valence-electron chi connectivity index (χ4n) is 1.87. The smallest absolute Gasteiger partial charge is 0.336 e. The molecule has 0 radical (unpaired) electrons. The van der Waals surface area contributed by atoms with Crippen molar-refractivity contribution in [2.24, 2.45) is 0 Å². The second-order valence-electron chi connectivity index (χ2n) is 3.69. The number of aryl methyl sites for hydroxylation is 2. The van der Waals surface area contributed by atoms with Crippen LogP contribution in [0.1, 0.15) is 16.7 Å². The third-order valence-corrected chi connectivity index (χ3v) is 2.45. The van der Waals surface area contributed by atoms with Gasteiger partial charge in [0.25, 0.3) is 0 Å². The van der Waals surface area contributed by atoms with Gasteiger partial charge in [0.1, 0.15) is 12.4 Å². The topological polar surface area (TPSA) is 46.5 Å². The Morgan fingerprint density at radius 2 is 2.13 bits per heavy atom. The molecule has 0 amide bonds. The average Bonchev–Trinajstić information content (AvgIpc) is 2.16. The maximum absolute atomic E-state index is 11.0. The van der Waals surface area contributed by atoms with Crippen LogP contribution >= 0.6 is 0 Å². The van der Waals surface area contributed by atoms with E-state index in [0.29, 0.717) is 23.5 Å². The van der Waals surface area contributed by atoms with Crippen LogP contribution in [0, 0.1) is 13.8 Å². The summed E-state index contributed by atoms with van der Waals surface area (Å²) in [6.45, 7) is 4.20. The van der Waals surface area contributed by atoms with Crippen LogP contribution in [-0.2, 0) is 4.79 Å². The van der Waals surface area contributed by atoms with Gasteiger partial charge in [0.15, 0.2) is 0 Å². The molecule has 1 N–H and O–H groups in total. The van der Waals surface area contributed by atoms with Gasteiger partial charge in [0.2, 0.25) is 0 Å². The maximum Gasteiger partial charge on any atom is 0.336 e. The predicted octanol–water partition coefficient (Wildman–Crippen LogP) is 2.16. The van der Waals surface area contributed by atoms with Gasteiger partial charge >= 0.3 is 5.97 Å². The van der Waals surface area contributed by atoms with Gasteiger partial charge in [-0.15, -0.1) is 0 Å². The Balaban J connectivity index is 2.64. The Kier molecular flexibility index (Phi) is 2.23. The SMILES string of the molecule is Cc1cc(C)c2c(c1)C(C(=O)O)=CCO2. The van der Waals surface area contributed by atoms with Crippen molar-refractivity contribution in [3.05, 3.63) is 34.9 Å². The second-order valence-corrected chi connectivity index (χ2v) is 3.69. The number of ether oxygens (including phenoxy) is 1. The van der Waals surface area contributed by atoms with Gasteiger partial charge in [0.05, 0.1) is 5.57 Å². The molecule has 0 fully saturated rings. The van der Waals surface area contributed by atoms with Gasteiger partial charge in [-0.1, -0.05) is 6.07 Å². The molecule has 0 bridgehead atoms. The lowest BCUT2D eigenvalue weighted by atomic mass is 9.97. The molecule has 0 aromatic heterocycles. The maximum atomic E-state index is 11.0. The minimum absolute atomic E-state index is 0.332. The van der Waals surface area contributed by atoms with Crippen LogP contribution in [0.3, 0.4) is 0 Å². The van der Waals surface area contributed by atoms with Crippen molar-refractivity contribution in [3.8, 4) is 5.75 Å². The van der Waals surface area contributed by atoms with Crippen molar-refractivity contribution < 1.29 is 14.6 Å². The highest BCUT2D eigenvalue weighted by molar-refractivity contribution is 6.16. The average molecular weight is 204 g/mol. The van der Waals surface area contributed by atoms with E-state index >= 15 is 0 Å². The van der Waals surface area contributed by atoms with Gasteiger partial charge in [-0.25, -0.2) is 4.79 Å². The molecule has 1 aromatic rings. The quantitative estimate of drug-likeness (QED) is 0.762. The highest BCUT2D eigenvalue weighted by Gasteiger charge is 2.20. The molecular weight excluding hydrogens is 192 g/mol. The first-order valence-corrected chi connectivity index (χ1v) is 4.77. The van der Waals surface area contributed by atoms with E-state index in [1.807, 2.05) is 26.0 Å². The van der Waals surface area contributed by atoms with Gasteiger partial charge < -0.3 is 9.84 Å². The summed E-state index contributed by atoms with van der Waals surface area (Å²) >= 11 is 0. The third kappa shape index (κ3) is 1.61. The summed E-state index contributed by atoms with van der Waals surface area (Å²) in [5.74, 6) is -0.204. The Hall–Kier alpha value is -1.77. The predicted molar refractivity (Wildman–Crippen MR) is 57.0 cm³/mol. The lowest BCUT2D eigenvalue weighted by Crippen LogP contribution is -2.11. The largest absolute Gasteiger partial charge is 0.489 e. The van der Waals surface area contributed by atoms with Crippen LogP contribution < -0.4 is 4.74 Å². The molecule has 0 saturated heterocycles. The van der Waals surface area contributed by atoms with Crippen molar-refractivity contribution in [1.29, 1.82) is 0 Å². The summed E-state index contributed by atoms with van der Waals surface area (Å²) < 4.78 is 5.45. The molecular formula is C12H12O3. The summed E-state index contributed by atoms with van der Waals surface area (Å²) in [5.41, 5.74) is 3.05. The van der Waals surface area contributed by atoms with E-state index in [0.717, 1.165) is 11.1 Å². The minimum atomic E-state index is -0.899. The number of carbonyl (C=O) groups is 1. The number of hydrogen-bond acceptors (Lipinski definition) is 2. The van der Waals surface area contributed by atoms with Crippen molar-refractivity contribution in [3.63, 3.8) is 0 Å². The van der Waals surface area contributed by atoms with Crippen LogP contribution in [0.5, 0.6) is 5.75 Å². The molecule has 78 valence electrons. The van der Waals surface area contributed by atoms with Crippen molar-refractivity contribution >= 4 is 11.5 Å². The van der Waals surface area contributed by atoms with Crippen molar-refractivity contribution in [2.45, 2.75) is 13.8 Å². The van der Waals surface area contributed by atoms with Gasteiger partial charge in [0, 0.05) is 5.56 Å². The van der Waals surface area contributed by atoms with Gasteiger partial charge in [-0.05, 0) is 37.1 Å². The molecule has 3 heteroatoms. The second kappa shape index (κ2) is 3.42. The first-order valence-electron chi connectivity index (χ1n) is 4.77. The van der Waals surface area contributed by atoms with Gasteiger partial charge in [-0.2, -0.15) is 0 Å². The van der Waals surface area contributed by atoms with E-state index in [1.54, 1.807) is 6.08 Å². The number of rotatable bonds is 1. The third-order valence-electron chi connectivity index (χ3n) is 2.45. The Morgan fingerprint density at radius 1 is 1.40 bits per heavy atom. The minimum Gasteiger partial charge on any atom is -0.489 e. The number of aliphatic carboxylic acids is 1. The molecule has 15 heavy (non-hydrogen) atoms. The molecule has 3 nitrogen and oxygen atoms in total. The van der Waals surface area contributed by atoms with E-state index in [-0.39, 0.29) is 0 Å². The summed E-state index contributed by atoms with van der Waals surface area (Å²) in [6.07, 6.45) is 1.60. The molecule has 1 aliphatic rings. The zero-order valence-corrected chi connectivity index (χ0v) is 8.70. The van der Waals surface area contributed by atoms with E-state index in [2.05, 4.69) is 0 Å². The normalized spacial score (nSPS) is 13.9. The molecule has 0 aliphatic carbocycles. The zero-order valence-electron chi connectivity index (χ0n) is 8.70. The van der Waals surface area contributed by atoms with E-state index in [4.69, 9.17) is 9.84 Å². The summed E-state index contributed by atoms with van der Waals surface area (Å²) in [4.78, 5) is 11.0. The molecule has 1 aliphatic heterocycles. The van der Waals surface area contributed by atoms with Crippen LogP contribution in [-0.4, -0.2) is 17.7 Å². The molecule has 0 spiro atoms. The highest BCUT2D eigenvalue weighted by Crippen LogP contribution is 2.33. The van der Waals surface area contributed by atoms with Crippen molar-refractivity contribution in [2.75, 3.05) is 6.61 Å². The molecule has 0 atom stereocenters. The molecule has 0 unspecified atom stereocenters. The van der Waals surface area contributed by atoms with Crippen LogP contribution in [0.4, 0.5) is 0 Å². The molecule has 1 aromatic carbocycles. The highest BCUT2D eigenvalue weighted by atomic mass is 16.5. The fourth-order valence-corrected chi connectivity index (χ4v) is 1.87. The number of benzene rings is 1. The first kappa shape index (κ1) is 9.77. The number of fused-ring (bicyclic) bond motifs is 1. The van der Waals surface area contributed by atoms with Crippen LogP contribution in [0.25, 0.3) is 5.57 Å². The van der Waals surface area contributed by atoms with Gasteiger partial charge in [-0.3, -0.25) is 0 Å². The molecule has 2 rings (SSSR count). The standard InChI is InChI=1S/C12H12O3/c1-7-5-8(2)11-10(6-7)9(12(13)14)3-4-15-11/h3,5-6H,4H2,1-2H3,(H,13,14). The number of hydrogen-bond donors (Lipinski definition) is 1. The summed E-state index contributed by atoms with van der Waals surface area (Å²) in [7, 11) is 0. The van der Waals surface area contributed by atoms with E-state index in [9.17, 15) is 4.79 Å². The fraction of sp³-hybridized carbons (Fsp3) is 0.250. The van der Waals surface area contributed by atoms with Crippen LogP contribution in [0.2, 0.25) is 0 Å². The molecule has 1 heterocycles. The Labute approximate surface area is 88.0 Å². The Bertz CT molecular complexity index is 458. The lowest BCUT2D eigenvalue weighted by molar-refractivity contribution is -0.130. The Morgan fingerprint density at radius 3 is 2.80 bits per heavy atom.